The number of benzene rings is 3. The molecule has 8 nitrogen and oxygen atoms in total. The predicted octanol–water partition coefficient (Wildman–Crippen LogP) is 6.40. The van der Waals surface area contributed by atoms with Crippen molar-refractivity contribution in [3.8, 4) is 22.5 Å². The van der Waals surface area contributed by atoms with E-state index in [2.05, 4.69) is 58.3 Å². The molecule has 0 aliphatic carbocycles. The first-order valence-electron chi connectivity index (χ1n) is 13.4. The Labute approximate surface area is 245 Å². The summed E-state index contributed by atoms with van der Waals surface area (Å²) in [5.74, 6) is -1.91. The minimum atomic E-state index is -5.08. The summed E-state index contributed by atoms with van der Waals surface area (Å²) in [6.07, 6.45) is -2.79. The van der Waals surface area contributed by atoms with Crippen molar-refractivity contribution in [2.24, 2.45) is 5.92 Å². The highest BCUT2D eigenvalue weighted by atomic mass is 19.4. The Hall–Kier alpha value is -4.71. The third-order valence-corrected chi connectivity index (χ3v) is 6.71. The number of carbonyl (C=O) groups is 2. The number of hydrogen-bond donors (Lipinski definition) is 3. The molecule has 0 bridgehead atoms. The van der Waals surface area contributed by atoms with Gasteiger partial charge in [0.25, 0.3) is 0 Å². The molecule has 0 radical (unpaired) electrons. The second-order valence-electron chi connectivity index (χ2n) is 9.93. The number of halogens is 4. The van der Waals surface area contributed by atoms with Crippen molar-refractivity contribution in [1.82, 2.24) is 20.2 Å². The van der Waals surface area contributed by atoms with Crippen molar-refractivity contribution in [1.29, 1.82) is 0 Å². The largest absolute Gasteiger partial charge is 0.490 e. The van der Waals surface area contributed by atoms with Gasteiger partial charge in [-0.15, -0.1) is 0 Å². The number of alkyl halides is 3. The smallest absolute Gasteiger partial charge is 0.475 e. The van der Waals surface area contributed by atoms with Gasteiger partial charge in [-0.05, 0) is 59.4 Å². The van der Waals surface area contributed by atoms with E-state index in [4.69, 9.17) is 14.6 Å². The lowest BCUT2D eigenvalue weighted by Gasteiger charge is -2.16. The van der Waals surface area contributed by atoms with Gasteiger partial charge in [0.05, 0.1) is 11.0 Å². The summed E-state index contributed by atoms with van der Waals surface area (Å²) in [5, 5.41) is 10.7. The molecule has 1 fully saturated rings. The molecule has 1 aromatic heterocycles. The fourth-order valence-corrected chi connectivity index (χ4v) is 4.63. The highest BCUT2D eigenvalue weighted by Crippen LogP contribution is 2.27. The third-order valence-electron chi connectivity index (χ3n) is 6.71. The third kappa shape index (κ3) is 8.65. The molecule has 3 N–H and O–H groups in total. The van der Waals surface area contributed by atoms with Gasteiger partial charge in [-0.1, -0.05) is 49.1 Å². The Morgan fingerprint density at radius 3 is 2.51 bits per heavy atom. The van der Waals surface area contributed by atoms with Gasteiger partial charge in [0, 0.05) is 31.7 Å². The zero-order valence-corrected chi connectivity index (χ0v) is 23.0. The zero-order valence-electron chi connectivity index (χ0n) is 23.0. The Kier molecular flexibility index (Phi) is 10.1. The van der Waals surface area contributed by atoms with Crippen LogP contribution in [0.5, 0.6) is 0 Å². The minimum absolute atomic E-state index is 0.246. The number of likely N-dealkylation sites (tertiary alicyclic amines) is 1. The summed E-state index contributed by atoms with van der Waals surface area (Å²) in [6.45, 7) is 6.86. The molecule has 1 amide bonds. The lowest BCUT2D eigenvalue weighted by atomic mass is 10.0. The number of aliphatic carboxylic acids is 1. The maximum absolute atomic E-state index is 13.6. The van der Waals surface area contributed by atoms with E-state index in [1.807, 2.05) is 12.1 Å². The van der Waals surface area contributed by atoms with Gasteiger partial charge < -0.3 is 25.0 Å². The summed E-state index contributed by atoms with van der Waals surface area (Å²) >= 11 is 0. The zero-order chi connectivity index (χ0) is 31.0. The lowest BCUT2D eigenvalue weighted by molar-refractivity contribution is -0.192. The number of carbonyl (C=O) groups excluding carboxylic acids is 1. The maximum Gasteiger partial charge on any atom is 0.490 e. The number of aromatic amines is 1. The molecule has 0 spiro atoms. The van der Waals surface area contributed by atoms with Gasteiger partial charge in [-0.2, -0.15) is 13.2 Å². The second kappa shape index (κ2) is 14.0. The first-order valence-corrected chi connectivity index (χ1v) is 13.4. The molecule has 43 heavy (non-hydrogen) atoms. The SMILES string of the molecule is C=CCOC(=O)N1CCC(CNCc2cccc(-c3cccc(-c4nc5ccc(F)cc5[nH]4)c3)c2)C1.O=C(O)C(F)(F)F. The number of imidazole rings is 1. The van der Waals surface area contributed by atoms with Crippen molar-refractivity contribution in [3.63, 3.8) is 0 Å². The van der Waals surface area contributed by atoms with Crippen LogP contribution in [-0.4, -0.2) is 64.5 Å². The fraction of sp³-hybridized carbons (Fsp3) is 0.258. The lowest BCUT2D eigenvalue weighted by Crippen LogP contribution is -2.31. The van der Waals surface area contributed by atoms with Gasteiger partial charge in [-0.25, -0.2) is 19.0 Å². The minimum Gasteiger partial charge on any atom is -0.475 e. The van der Waals surface area contributed by atoms with Crippen molar-refractivity contribution in [2.75, 3.05) is 26.2 Å². The summed E-state index contributed by atoms with van der Waals surface area (Å²) < 4.78 is 50.4. The maximum atomic E-state index is 13.6. The number of fused-ring (bicyclic) bond motifs is 1. The molecule has 4 aromatic rings. The molecular weight excluding hydrogens is 568 g/mol. The van der Waals surface area contributed by atoms with Crippen LogP contribution in [0.1, 0.15) is 12.0 Å². The summed E-state index contributed by atoms with van der Waals surface area (Å²) in [6, 6.07) is 21.2. The van der Waals surface area contributed by atoms with Crippen molar-refractivity contribution in [2.45, 2.75) is 19.1 Å². The molecule has 5 rings (SSSR count). The monoisotopic (exact) mass is 598 g/mol. The number of hydrogen-bond acceptors (Lipinski definition) is 5. The standard InChI is InChI=1S/C29H29FN4O2.C2HF3O2/c1-2-13-36-29(35)34-12-11-21(19-34)18-31-17-20-5-3-6-22(14-20)23-7-4-8-24(15-23)28-32-26-10-9-25(30)16-27(26)33-28;3-2(4,5)1(6)7/h2-10,14-16,21,31H,1,11-13,17-19H2,(H,32,33);(H,6,7). The van der Waals surface area contributed by atoms with E-state index in [-0.39, 0.29) is 18.5 Å². The van der Waals surface area contributed by atoms with E-state index in [0.717, 1.165) is 48.3 Å². The summed E-state index contributed by atoms with van der Waals surface area (Å²) in [4.78, 5) is 30.5. The Morgan fingerprint density at radius 1 is 1.09 bits per heavy atom. The van der Waals surface area contributed by atoms with Crippen molar-refractivity contribution >= 4 is 23.1 Å². The summed E-state index contributed by atoms with van der Waals surface area (Å²) in [7, 11) is 0. The fourth-order valence-electron chi connectivity index (χ4n) is 4.63. The molecule has 3 aromatic carbocycles. The average molecular weight is 599 g/mol. The second-order valence-corrected chi connectivity index (χ2v) is 9.93. The molecule has 0 saturated carbocycles. The number of amides is 1. The number of ether oxygens (including phenoxy) is 1. The summed E-state index contributed by atoms with van der Waals surface area (Å²) in [5.41, 5.74) is 5.77. The van der Waals surface area contributed by atoms with Crippen molar-refractivity contribution in [3.05, 3.63) is 90.8 Å². The van der Waals surface area contributed by atoms with Crippen LogP contribution in [0.3, 0.4) is 0 Å². The van der Waals surface area contributed by atoms with Crippen LogP contribution in [0.4, 0.5) is 22.4 Å². The molecule has 1 saturated heterocycles. The van der Waals surface area contributed by atoms with Gasteiger partial charge in [-0.3, -0.25) is 0 Å². The molecule has 1 unspecified atom stereocenters. The number of nitrogens with one attached hydrogen (secondary N) is 2. The average Bonchev–Trinajstić information content (AvgIpc) is 3.63. The van der Waals surface area contributed by atoms with Gasteiger partial charge in [0.2, 0.25) is 0 Å². The highest BCUT2D eigenvalue weighted by Gasteiger charge is 2.38. The van der Waals surface area contributed by atoms with E-state index >= 15 is 0 Å². The van der Waals surface area contributed by atoms with Gasteiger partial charge >= 0.3 is 18.2 Å². The first kappa shape index (κ1) is 31.2. The van der Waals surface area contributed by atoms with Crippen LogP contribution in [0.15, 0.2) is 79.4 Å². The topological polar surface area (TPSA) is 108 Å². The Bertz CT molecular complexity index is 1590. The molecule has 1 aliphatic heterocycles. The predicted molar refractivity (Wildman–Crippen MR) is 154 cm³/mol. The van der Waals surface area contributed by atoms with Gasteiger partial charge in [0.1, 0.15) is 18.2 Å². The van der Waals surface area contributed by atoms with Gasteiger partial charge in [0.15, 0.2) is 0 Å². The molecule has 1 aliphatic rings. The number of carboxylic acids is 1. The number of rotatable bonds is 8. The number of H-pyrrole nitrogens is 1. The number of carboxylic acid groups (broad SMARTS) is 1. The van der Waals surface area contributed by atoms with Crippen LogP contribution >= 0.6 is 0 Å². The number of aromatic nitrogens is 2. The molecule has 12 heteroatoms. The van der Waals surface area contributed by atoms with Crippen LogP contribution in [0.25, 0.3) is 33.5 Å². The van der Waals surface area contributed by atoms with Crippen LogP contribution in [0, 0.1) is 11.7 Å². The normalized spacial score (nSPS) is 14.7. The molecule has 226 valence electrons. The van der Waals surface area contributed by atoms with E-state index in [0.29, 0.717) is 23.8 Å². The molecule has 2 heterocycles. The molecular formula is C31H30F4N4O4. The van der Waals surface area contributed by atoms with E-state index in [1.165, 1.54) is 17.7 Å². The van der Waals surface area contributed by atoms with Crippen molar-refractivity contribution < 1.29 is 37.0 Å². The Morgan fingerprint density at radius 2 is 1.79 bits per heavy atom. The van der Waals surface area contributed by atoms with Crippen LogP contribution < -0.4 is 5.32 Å². The van der Waals surface area contributed by atoms with E-state index < -0.39 is 12.1 Å². The van der Waals surface area contributed by atoms with E-state index in [1.54, 1.807) is 17.0 Å². The van der Waals surface area contributed by atoms with Crippen LogP contribution in [-0.2, 0) is 16.1 Å². The highest BCUT2D eigenvalue weighted by molar-refractivity contribution is 5.80. The quantitative estimate of drug-likeness (QED) is 0.160. The Balaban J connectivity index is 0.000000541. The van der Waals surface area contributed by atoms with Crippen LogP contribution in [0.2, 0.25) is 0 Å². The first-order chi connectivity index (χ1) is 20.5. The number of nitrogens with zero attached hydrogens (tertiary/aromatic N) is 2. The molecule has 1 atom stereocenters. The van der Waals surface area contributed by atoms with E-state index in [9.17, 15) is 22.4 Å².